The highest BCUT2D eigenvalue weighted by atomic mass is 32.2. The molecule has 1 aromatic carbocycles. The number of rotatable bonds is 9. The van der Waals surface area contributed by atoms with Crippen molar-refractivity contribution in [2.24, 2.45) is 5.92 Å². The second kappa shape index (κ2) is 10.4. The minimum Gasteiger partial charge on any atom is -0.496 e. The summed E-state index contributed by atoms with van der Waals surface area (Å²) in [4.78, 5) is 15.3. The number of likely N-dealkylation sites (tertiary alicyclic amines) is 1. The molecular weight excluding hydrogens is 390 g/mol. The molecule has 0 radical (unpaired) electrons. The molecule has 164 valence electrons. The van der Waals surface area contributed by atoms with Gasteiger partial charge in [0.15, 0.2) is 0 Å². The van der Waals surface area contributed by atoms with Crippen molar-refractivity contribution in [2.75, 3.05) is 39.8 Å². The van der Waals surface area contributed by atoms with Crippen LogP contribution in [0.5, 0.6) is 5.75 Å². The minimum absolute atomic E-state index is 0.102. The maximum Gasteiger partial charge on any atom is 0.255 e. The maximum atomic E-state index is 12.8. The normalized spacial score (nSPS) is 19.2. The van der Waals surface area contributed by atoms with E-state index in [4.69, 9.17) is 4.74 Å². The zero-order valence-corrected chi connectivity index (χ0v) is 19.1. The van der Waals surface area contributed by atoms with Crippen LogP contribution in [-0.2, 0) is 10.0 Å². The summed E-state index contributed by atoms with van der Waals surface area (Å²) >= 11 is 0. The lowest BCUT2D eigenvalue weighted by Gasteiger charge is -2.35. The Bertz CT molecular complexity index is 793. The first kappa shape index (κ1) is 23.6. The van der Waals surface area contributed by atoms with Gasteiger partial charge < -0.3 is 10.1 Å². The molecule has 1 aromatic rings. The van der Waals surface area contributed by atoms with Crippen LogP contribution < -0.4 is 10.1 Å². The lowest BCUT2D eigenvalue weighted by atomic mass is 9.99. The van der Waals surface area contributed by atoms with Crippen LogP contribution in [-0.4, -0.2) is 69.4 Å². The maximum absolute atomic E-state index is 12.8. The Kier molecular flexibility index (Phi) is 8.48. The zero-order valence-electron chi connectivity index (χ0n) is 18.3. The van der Waals surface area contributed by atoms with E-state index in [9.17, 15) is 13.2 Å². The van der Waals surface area contributed by atoms with Crippen molar-refractivity contribution in [1.29, 1.82) is 0 Å². The van der Waals surface area contributed by atoms with Gasteiger partial charge in [-0.15, -0.1) is 0 Å². The monoisotopic (exact) mass is 425 g/mol. The molecule has 1 amide bonds. The van der Waals surface area contributed by atoms with E-state index in [1.807, 2.05) is 0 Å². The molecular formula is C21H35N3O4S. The summed E-state index contributed by atoms with van der Waals surface area (Å²) < 4.78 is 32.3. The molecule has 1 aliphatic heterocycles. The SMILES string of the molecule is CCN(CC)S(=O)(=O)c1ccc(OC)c(C(=O)NCC(C)N2CCCC(C)C2)c1. The van der Waals surface area contributed by atoms with E-state index in [-0.39, 0.29) is 22.4 Å². The molecule has 0 spiro atoms. The Hall–Kier alpha value is -1.64. The molecule has 29 heavy (non-hydrogen) atoms. The average molecular weight is 426 g/mol. The fourth-order valence-corrected chi connectivity index (χ4v) is 5.31. The van der Waals surface area contributed by atoms with Crippen LogP contribution in [0.2, 0.25) is 0 Å². The Morgan fingerprint density at radius 3 is 2.62 bits per heavy atom. The van der Waals surface area contributed by atoms with Gasteiger partial charge in [-0.3, -0.25) is 9.69 Å². The summed E-state index contributed by atoms with van der Waals surface area (Å²) in [7, 11) is -2.17. The van der Waals surface area contributed by atoms with Crippen molar-refractivity contribution in [3.05, 3.63) is 23.8 Å². The summed E-state index contributed by atoms with van der Waals surface area (Å²) in [5, 5.41) is 2.95. The van der Waals surface area contributed by atoms with Crippen LogP contribution in [0, 0.1) is 5.92 Å². The number of hydrogen-bond acceptors (Lipinski definition) is 5. The van der Waals surface area contributed by atoms with E-state index >= 15 is 0 Å². The van der Waals surface area contributed by atoms with Gasteiger partial charge in [0, 0.05) is 32.2 Å². The van der Waals surface area contributed by atoms with Gasteiger partial charge in [0.2, 0.25) is 10.0 Å². The van der Waals surface area contributed by atoms with Crippen molar-refractivity contribution in [2.45, 2.75) is 51.5 Å². The number of amides is 1. The highest BCUT2D eigenvalue weighted by Gasteiger charge is 2.25. The first-order valence-electron chi connectivity index (χ1n) is 10.4. The fourth-order valence-electron chi connectivity index (χ4n) is 3.83. The van der Waals surface area contributed by atoms with Gasteiger partial charge in [-0.2, -0.15) is 4.31 Å². The lowest BCUT2D eigenvalue weighted by Crippen LogP contribution is -2.46. The average Bonchev–Trinajstić information content (AvgIpc) is 2.71. The summed E-state index contributed by atoms with van der Waals surface area (Å²) in [6, 6.07) is 4.66. The van der Waals surface area contributed by atoms with Crippen molar-refractivity contribution in [3.63, 3.8) is 0 Å². The van der Waals surface area contributed by atoms with Crippen molar-refractivity contribution < 1.29 is 17.9 Å². The number of benzene rings is 1. The predicted octanol–water partition coefficient (Wildman–Crippen LogP) is 2.58. The number of methoxy groups -OCH3 is 1. The van der Waals surface area contributed by atoms with E-state index in [2.05, 4.69) is 24.1 Å². The molecule has 8 heteroatoms. The van der Waals surface area contributed by atoms with E-state index in [1.54, 1.807) is 19.9 Å². The van der Waals surface area contributed by atoms with Gasteiger partial charge in [-0.05, 0) is 50.4 Å². The molecule has 1 fully saturated rings. The molecule has 1 heterocycles. The summed E-state index contributed by atoms with van der Waals surface area (Å²) in [6.07, 6.45) is 2.43. The summed E-state index contributed by atoms with van der Waals surface area (Å²) in [5.74, 6) is 0.708. The number of carbonyl (C=O) groups excluding carboxylic acids is 1. The van der Waals surface area contributed by atoms with E-state index < -0.39 is 10.0 Å². The van der Waals surface area contributed by atoms with Crippen LogP contribution in [0.3, 0.4) is 0 Å². The molecule has 0 saturated carbocycles. The van der Waals surface area contributed by atoms with Crippen molar-refractivity contribution in [3.8, 4) is 5.75 Å². The molecule has 2 unspecified atom stereocenters. The van der Waals surface area contributed by atoms with Crippen LogP contribution >= 0.6 is 0 Å². The molecule has 2 rings (SSSR count). The van der Waals surface area contributed by atoms with E-state index in [0.29, 0.717) is 31.3 Å². The smallest absolute Gasteiger partial charge is 0.255 e. The molecule has 1 saturated heterocycles. The van der Waals surface area contributed by atoms with Gasteiger partial charge in [0.25, 0.3) is 5.91 Å². The fraction of sp³-hybridized carbons (Fsp3) is 0.667. The van der Waals surface area contributed by atoms with Gasteiger partial charge in [0.05, 0.1) is 17.6 Å². The van der Waals surface area contributed by atoms with Crippen molar-refractivity contribution in [1.82, 2.24) is 14.5 Å². The van der Waals surface area contributed by atoms with Gasteiger partial charge in [0.1, 0.15) is 5.75 Å². The molecule has 7 nitrogen and oxygen atoms in total. The Labute approximate surface area is 175 Å². The Morgan fingerprint density at radius 1 is 1.34 bits per heavy atom. The third-order valence-corrected chi connectivity index (χ3v) is 7.67. The van der Waals surface area contributed by atoms with Crippen LogP contribution in [0.1, 0.15) is 50.9 Å². The number of sulfonamides is 1. The third kappa shape index (κ3) is 5.71. The van der Waals surface area contributed by atoms with E-state index in [1.165, 1.54) is 36.4 Å². The number of nitrogens with zero attached hydrogens (tertiary/aromatic N) is 2. The molecule has 0 bridgehead atoms. The molecule has 1 N–H and O–H groups in total. The Balaban J connectivity index is 2.16. The predicted molar refractivity (Wildman–Crippen MR) is 115 cm³/mol. The van der Waals surface area contributed by atoms with Crippen LogP contribution in [0.15, 0.2) is 23.1 Å². The van der Waals surface area contributed by atoms with Gasteiger partial charge in [-0.25, -0.2) is 8.42 Å². The standard InChI is InChI=1S/C21H35N3O4S/c1-6-24(7-2)29(26,27)18-10-11-20(28-5)19(13-18)21(25)22-14-17(4)23-12-8-9-16(3)15-23/h10-11,13,16-17H,6-9,12,14-15H2,1-5H3,(H,22,25). The number of nitrogens with one attached hydrogen (secondary N) is 1. The molecule has 0 aromatic heterocycles. The highest BCUT2D eigenvalue weighted by molar-refractivity contribution is 7.89. The lowest BCUT2D eigenvalue weighted by molar-refractivity contribution is 0.0914. The number of piperidine rings is 1. The first-order valence-corrected chi connectivity index (χ1v) is 11.9. The van der Waals surface area contributed by atoms with E-state index in [0.717, 1.165) is 13.1 Å². The van der Waals surface area contributed by atoms with Gasteiger partial charge in [-0.1, -0.05) is 20.8 Å². The quantitative estimate of drug-likeness (QED) is 0.658. The molecule has 2 atom stereocenters. The largest absolute Gasteiger partial charge is 0.496 e. The zero-order chi connectivity index (χ0) is 21.6. The van der Waals surface area contributed by atoms with Gasteiger partial charge >= 0.3 is 0 Å². The molecule has 0 aliphatic carbocycles. The minimum atomic E-state index is -3.65. The summed E-state index contributed by atoms with van der Waals surface area (Å²) in [5.41, 5.74) is 0.236. The highest BCUT2D eigenvalue weighted by Crippen LogP contribution is 2.25. The topological polar surface area (TPSA) is 78.9 Å². The Morgan fingerprint density at radius 2 is 2.03 bits per heavy atom. The van der Waals surface area contributed by atoms with Crippen molar-refractivity contribution >= 4 is 15.9 Å². The number of ether oxygens (including phenoxy) is 1. The van der Waals surface area contributed by atoms with Crippen LogP contribution in [0.4, 0.5) is 0 Å². The summed E-state index contributed by atoms with van der Waals surface area (Å²) in [6.45, 7) is 11.3. The second-order valence-electron chi connectivity index (χ2n) is 7.75. The molecule has 1 aliphatic rings. The first-order chi connectivity index (χ1) is 13.7. The second-order valence-corrected chi connectivity index (χ2v) is 9.69. The third-order valence-electron chi connectivity index (χ3n) is 5.63. The number of hydrogen-bond donors (Lipinski definition) is 1. The number of carbonyl (C=O) groups is 1. The van der Waals surface area contributed by atoms with Crippen LogP contribution in [0.25, 0.3) is 0 Å².